The van der Waals surface area contributed by atoms with Gasteiger partial charge in [-0.05, 0) is 66.6 Å². The smallest absolute Gasteiger partial charge is 0.279 e. The molecular formula is C25H27N3O6S2. The predicted molar refractivity (Wildman–Crippen MR) is 138 cm³/mol. The summed E-state index contributed by atoms with van der Waals surface area (Å²) in [6, 6.07) is 19.5. The molecule has 1 unspecified atom stereocenters. The number of nitrogens with zero attached hydrogens (tertiary/aromatic N) is 2. The minimum absolute atomic E-state index is 0.0398. The quantitative estimate of drug-likeness (QED) is 0.448. The fourth-order valence-corrected chi connectivity index (χ4v) is 5.89. The van der Waals surface area contributed by atoms with Gasteiger partial charge in [-0.2, -0.15) is 17.9 Å². The van der Waals surface area contributed by atoms with Gasteiger partial charge in [0.2, 0.25) is 10.0 Å². The van der Waals surface area contributed by atoms with Crippen LogP contribution in [0.4, 0.5) is 5.69 Å². The van der Waals surface area contributed by atoms with Crippen LogP contribution in [0.3, 0.4) is 0 Å². The molecule has 190 valence electrons. The molecule has 0 fully saturated rings. The van der Waals surface area contributed by atoms with E-state index in [4.69, 9.17) is 9.47 Å². The molecule has 36 heavy (non-hydrogen) atoms. The van der Waals surface area contributed by atoms with Gasteiger partial charge in [0.15, 0.2) is 0 Å². The molecule has 0 aromatic heterocycles. The van der Waals surface area contributed by atoms with E-state index in [0.29, 0.717) is 34.9 Å². The van der Waals surface area contributed by atoms with Crippen LogP contribution >= 0.6 is 0 Å². The Kier molecular flexibility index (Phi) is 7.23. The topological polar surface area (TPSA) is 114 Å². The van der Waals surface area contributed by atoms with Gasteiger partial charge in [0.25, 0.3) is 10.0 Å². The van der Waals surface area contributed by atoms with E-state index < -0.39 is 26.1 Å². The number of benzene rings is 3. The number of hydrogen-bond acceptors (Lipinski definition) is 7. The molecule has 4 rings (SSSR count). The Bertz CT molecular complexity index is 1470. The molecule has 1 atom stereocenters. The zero-order valence-corrected chi connectivity index (χ0v) is 21.7. The van der Waals surface area contributed by atoms with E-state index in [1.165, 1.54) is 19.2 Å². The van der Waals surface area contributed by atoms with Gasteiger partial charge in [-0.1, -0.05) is 24.3 Å². The number of hydrazone groups is 1. The Morgan fingerprint density at radius 1 is 0.917 bits per heavy atom. The maximum absolute atomic E-state index is 13.7. The van der Waals surface area contributed by atoms with Crippen molar-refractivity contribution in [3.05, 3.63) is 83.9 Å². The summed E-state index contributed by atoms with van der Waals surface area (Å²) in [6.45, 7) is 1.56. The van der Waals surface area contributed by atoms with Crippen LogP contribution in [0.25, 0.3) is 0 Å². The Balaban J connectivity index is 1.72. The summed E-state index contributed by atoms with van der Waals surface area (Å²) in [6.07, 6.45) is 0.322. The van der Waals surface area contributed by atoms with E-state index in [1.54, 1.807) is 68.6 Å². The second-order valence-electron chi connectivity index (χ2n) is 8.08. The highest BCUT2D eigenvalue weighted by Crippen LogP contribution is 2.38. The molecule has 0 saturated carbocycles. The molecule has 1 heterocycles. The Labute approximate surface area is 211 Å². The lowest BCUT2D eigenvalue weighted by Crippen LogP contribution is -2.27. The van der Waals surface area contributed by atoms with Crippen molar-refractivity contribution in [1.29, 1.82) is 0 Å². The second-order valence-corrected chi connectivity index (χ2v) is 11.9. The van der Waals surface area contributed by atoms with Crippen LogP contribution < -0.4 is 14.2 Å². The van der Waals surface area contributed by atoms with Crippen molar-refractivity contribution >= 4 is 31.4 Å². The number of rotatable bonds is 9. The maximum atomic E-state index is 13.7. The Hall–Kier alpha value is -3.57. The lowest BCUT2D eigenvalue weighted by atomic mass is 9.99. The highest BCUT2D eigenvalue weighted by Gasteiger charge is 2.38. The van der Waals surface area contributed by atoms with Crippen molar-refractivity contribution in [2.24, 2.45) is 5.10 Å². The van der Waals surface area contributed by atoms with Gasteiger partial charge >= 0.3 is 0 Å². The highest BCUT2D eigenvalue weighted by molar-refractivity contribution is 7.92. The minimum Gasteiger partial charge on any atom is -0.497 e. The minimum atomic E-state index is -4.00. The number of ether oxygens (including phenoxy) is 2. The average Bonchev–Trinajstić information content (AvgIpc) is 3.35. The molecule has 1 N–H and O–H groups in total. The third kappa shape index (κ3) is 5.31. The molecule has 0 spiro atoms. The molecule has 9 nitrogen and oxygen atoms in total. The standard InChI is InChI=1S/C25H27N3O6S2/c1-4-35(29,30)27-20-10-8-18(9-11-20)24-17-25(19-6-5-7-22(16-19)34-3)28(26-24)36(31,32)23-14-12-21(33-2)13-15-23/h5-16,25,27H,4,17H2,1-3H3. The molecule has 0 radical (unpaired) electrons. The zero-order valence-electron chi connectivity index (χ0n) is 20.1. The number of sulfonamides is 2. The first-order valence-electron chi connectivity index (χ1n) is 11.2. The normalized spacial score (nSPS) is 15.9. The summed E-state index contributed by atoms with van der Waals surface area (Å²) in [5.41, 5.74) is 2.41. The van der Waals surface area contributed by atoms with Crippen molar-refractivity contribution < 1.29 is 26.3 Å². The Morgan fingerprint density at radius 2 is 1.58 bits per heavy atom. The highest BCUT2D eigenvalue weighted by atomic mass is 32.2. The number of nitrogens with one attached hydrogen (secondary N) is 1. The molecule has 3 aromatic carbocycles. The van der Waals surface area contributed by atoms with Crippen LogP contribution in [0.5, 0.6) is 11.5 Å². The predicted octanol–water partition coefficient (Wildman–Crippen LogP) is 4.01. The van der Waals surface area contributed by atoms with Crippen LogP contribution in [0.1, 0.15) is 30.5 Å². The van der Waals surface area contributed by atoms with E-state index in [1.807, 2.05) is 6.07 Å². The van der Waals surface area contributed by atoms with E-state index in [9.17, 15) is 16.8 Å². The summed E-state index contributed by atoms with van der Waals surface area (Å²) in [4.78, 5) is 0.0884. The summed E-state index contributed by atoms with van der Waals surface area (Å²) >= 11 is 0. The maximum Gasteiger partial charge on any atom is 0.279 e. The van der Waals surface area contributed by atoms with Crippen molar-refractivity contribution in [2.75, 3.05) is 24.7 Å². The SMILES string of the molecule is CCS(=O)(=O)Nc1ccc(C2=NN(S(=O)(=O)c3ccc(OC)cc3)C(c3cccc(OC)c3)C2)cc1. The molecule has 0 bridgehead atoms. The largest absolute Gasteiger partial charge is 0.497 e. The molecule has 0 aliphatic carbocycles. The van der Waals surface area contributed by atoms with Crippen LogP contribution in [-0.4, -0.2) is 46.9 Å². The second kappa shape index (κ2) is 10.2. The average molecular weight is 530 g/mol. The van der Waals surface area contributed by atoms with Crippen LogP contribution in [0, 0.1) is 0 Å². The van der Waals surface area contributed by atoms with Crippen molar-refractivity contribution in [2.45, 2.75) is 24.3 Å². The van der Waals surface area contributed by atoms with Crippen molar-refractivity contribution in [1.82, 2.24) is 4.41 Å². The van der Waals surface area contributed by atoms with Crippen LogP contribution in [0.15, 0.2) is 82.8 Å². The first-order chi connectivity index (χ1) is 17.2. The monoisotopic (exact) mass is 529 g/mol. The van der Waals surface area contributed by atoms with E-state index in [-0.39, 0.29) is 10.6 Å². The van der Waals surface area contributed by atoms with Gasteiger partial charge in [0.05, 0.1) is 36.6 Å². The molecule has 1 aliphatic rings. The van der Waals surface area contributed by atoms with Gasteiger partial charge < -0.3 is 9.47 Å². The van der Waals surface area contributed by atoms with Crippen LogP contribution in [-0.2, 0) is 20.0 Å². The van der Waals surface area contributed by atoms with Gasteiger partial charge in [0.1, 0.15) is 11.5 Å². The fraction of sp³-hybridized carbons (Fsp3) is 0.240. The van der Waals surface area contributed by atoms with Gasteiger partial charge in [-0.25, -0.2) is 8.42 Å². The molecule has 11 heteroatoms. The van der Waals surface area contributed by atoms with Crippen molar-refractivity contribution in [3.8, 4) is 11.5 Å². The Morgan fingerprint density at radius 3 is 2.19 bits per heavy atom. The van der Waals surface area contributed by atoms with Crippen LogP contribution in [0.2, 0.25) is 0 Å². The fourth-order valence-electron chi connectivity index (χ4n) is 3.82. The lowest BCUT2D eigenvalue weighted by Gasteiger charge is -2.23. The first-order valence-corrected chi connectivity index (χ1v) is 14.3. The molecule has 3 aromatic rings. The molecule has 1 aliphatic heterocycles. The molecular weight excluding hydrogens is 502 g/mol. The number of hydrogen-bond donors (Lipinski definition) is 1. The number of methoxy groups -OCH3 is 2. The summed E-state index contributed by atoms with van der Waals surface area (Å²) in [5, 5.41) is 4.53. The van der Waals surface area contributed by atoms with E-state index in [0.717, 1.165) is 9.98 Å². The summed E-state index contributed by atoms with van der Waals surface area (Å²) < 4.78 is 65.2. The van der Waals surface area contributed by atoms with Gasteiger partial charge in [0, 0.05) is 12.1 Å². The summed E-state index contributed by atoms with van der Waals surface area (Å²) in [7, 11) is -4.34. The molecule has 0 saturated heterocycles. The summed E-state index contributed by atoms with van der Waals surface area (Å²) in [5.74, 6) is 1.11. The number of anilines is 1. The van der Waals surface area contributed by atoms with Gasteiger partial charge in [-0.3, -0.25) is 4.72 Å². The van der Waals surface area contributed by atoms with Gasteiger partial charge in [-0.15, -0.1) is 0 Å². The third-order valence-electron chi connectivity index (χ3n) is 5.83. The third-order valence-corrected chi connectivity index (χ3v) is 8.83. The zero-order chi connectivity index (χ0) is 25.9. The van der Waals surface area contributed by atoms with Crippen molar-refractivity contribution in [3.63, 3.8) is 0 Å². The van der Waals surface area contributed by atoms with E-state index in [2.05, 4.69) is 9.82 Å². The molecule has 0 amide bonds. The first kappa shape index (κ1) is 25.5. The lowest BCUT2D eigenvalue weighted by molar-refractivity contribution is 0.368. The van der Waals surface area contributed by atoms with E-state index >= 15 is 0 Å².